The van der Waals surface area contributed by atoms with Crippen molar-refractivity contribution in [1.29, 1.82) is 0 Å². The molecule has 4 fully saturated rings. The van der Waals surface area contributed by atoms with E-state index in [4.69, 9.17) is 9.47 Å². The number of hydrogen-bond donors (Lipinski definition) is 0. The van der Waals surface area contributed by atoms with E-state index in [1.54, 1.807) is 6.92 Å². The first-order chi connectivity index (χ1) is 13.6. The Labute approximate surface area is 176 Å². The smallest absolute Gasteiger partial charge is 0.302 e. The minimum atomic E-state index is -0.143. The Kier molecular flexibility index (Phi) is 5.53. The summed E-state index contributed by atoms with van der Waals surface area (Å²) in [5.74, 6) is 3.32. The van der Waals surface area contributed by atoms with E-state index in [2.05, 4.69) is 20.8 Å². The van der Waals surface area contributed by atoms with Crippen LogP contribution >= 0.6 is 0 Å². The Morgan fingerprint density at radius 2 is 1.55 bits per heavy atom. The maximum Gasteiger partial charge on any atom is 0.302 e. The van der Waals surface area contributed by atoms with E-state index in [0.29, 0.717) is 22.7 Å². The zero-order valence-electron chi connectivity index (χ0n) is 19.0. The number of rotatable bonds is 3. The van der Waals surface area contributed by atoms with Crippen molar-refractivity contribution in [3.8, 4) is 0 Å². The van der Waals surface area contributed by atoms with Crippen molar-refractivity contribution in [3.63, 3.8) is 0 Å². The van der Waals surface area contributed by atoms with Gasteiger partial charge in [-0.25, -0.2) is 0 Å². The average Bonchev–Trinajstić information content (AvgIpc) is 2.98. The lowest BCUT2D eigenvalue weighted by Crippen LogP contribution is -2.54. The highest BCUT2D eigenvalue weighted by atomic mass is 16.5. The van der Waals surface area contributed by atoms with Crippen LogP contribution in [0.5, 0.6) is 0 Å². The summed E-state index contributed by atoms with van der Waals surface area (Å²) >= 11 is 0. The number of fused-ring (bicyclic) bond motifs is 5. The van der Waals surface area contributed by atoms with E-state index in [9.17, 15) is 9.59 Å². The predicted octanol–water partition coefficient (Wildman–Crippen LogP) is 5.53. The van der Waals surface area contributed by atoms with Crippen molar-refractivity contribution in [2.75, 3.05) is 0 Å². The van der Waals surface area contributed by atoms with Gasteiger partial charge in [-0.3, -0.25) is 9.59 Å². The summed E-state index contributed by atoms with van der Waals surface area (Å²) < 4.78 is 11.3. The maximum absolute atomic E-state index is 11.5. The molecule has 4 nitrogen and oxygen atoms in total. The van der Waals surface area contributed by atoms with E-state index >= 15 is 0 Å². The Hall–Kier alpha value is -1.06. The third-order valence-corrected chi connectivity index (χ3v) is 9.94. The standard InChI is InChI=1S/C25H40O4/c1-15(28-16(2)26)21-8-9-22-20-7-6-18-14-19(29-17(3)27)10-12-24(18,4)23(20)11-13-25(21,22)5/h15,18-23H,6-14H2,1-5H3/t15-,18-,19-,20+,21+,22-,23-,24+,25-/m1/s1. The van der Waals surface area contributed by atoms with Crippen molar-refractivity contribution in [2.45, 2.75) is 105 Å². The van der Waals surface area contributed by atoms with Crippen LogP contribution in [-0.2, 0) is 19.1 Å². The molecule has 4 heteroatoms. The largest absolute Gasteiger partial charge is 0.463 e. The Morgan fingerprint density at radius 1 is 0.862 bits per heavy atom. The molecular weight excluding hydrogens is 364 g/mol. The van der Waals surface area contributed by atoms with Crippen molar-refractivity contribution >= 4 is 11.9 Å². The Balaban J connectivity index is 1.50. The van der Waals surface area contributed by atoms with Gasteiger partial charge in [0.15, 0.2) is 0 Å². The number of esters is 2. The third-order valence-electron chi connectivity index (χ3n) is 9.94. The SMILES string of the molecule is CC(=O)O[C@@H]1CC[C@@]2(C)[C@H](CC[C@@H]3[C@H]2CC[C@@]2(C)[C@@H]3CC[C@H]2[C@@H](C)OC(C)=O)C1. The van der Waals surface area contributed by atoms with Crippen molar-refractivity contribution in [1.82, 2.24) is 0 Å². The van der Waals surface area contributed by atoms with Crippen LogP contribution in [0.2, 0.25) is 0 Å². The highest BCUT2D eigenvalue weighted by Crippen LogP contribution is 2.68. The molecule has 164 valence electrons. The molecule has 9 atom stereocenters. The lowest BCUT2D eigenvalue weighted by Gasteiger charge is -2.61. The summed E-state index contributed by atoms with van der Waals surface area (Å²) in [6, 6.07) is 0. The number of ether oxygens (including phenoxy) is 2. The summed E-state index contributed by atoms with van der Waals surface area (Å²) in [5, 5.41) is 0. The van der Waals surface area contributed by atoms with Gasteiger partial charge in [0.1, 0.15) is 12.2 Å². The van der Waals surface area contributed by atoms with E-state index in [1.165, 1.54) is 51.9 Å². The molecule has 0 heterocycles. The normalized spacial score (nSPS) is 47.3. The number of carbonyl (C=O) groups is 2. The van der Waals surface area contributed by atoms with Gasteiger partial charge in [-0.1, -0.05) is 13.8 Å². The number of hydrogen-bond acceptors (Lipinski definition) is 4. The molecule has 0 radical (unpaired) electrons. The van der Waals surface area contributed by atoms with Crippen LogP contribution in [0.1, 0.15) is 92.4 Å². The molecular formula is C25H40O4. The molecule has 0 aromatic heterocycles. The van der Waals surface area contributed by atoms with Crippen LogP contribution in [-0.4, -0.2) is 24.1 Å². The molecule has 0 saturated heterocycles. The van der Waals surface area contributed by atoms with Gasteiger partial charge in [-0.15, -0.1) is 0 Å². The van der Waals surface area contributed by atoms with Crippen LogP contribution in [0, 0.1) is 40.4 Å². The van der Waals surface area contributed by atoms with Gasteiger partial charge in [-0.2, -0.15) is 0 Å². The van der Waals surface area contributed by atoms with Crippen LogP contribution in [0.4, 0.5) is 0 Å². The first-order valence-corrected chi connectivity index (χ1v) is 12.0. The lowest BCUT2D eigenvalue weighted by atomic mass is 9.44. The topological polar surface area (TPSA) is 52.6 Å². The second-order valence-electron chi connectivity index (χ2n) is 11.2. The third kappa shape index (κ3) is 3.53. The highest BCUT2D eigenvalue weighted by molar-refractivity contribution is 5.66. The molecule has 4 aliphatic carbocycles. The molecule has 29 heavy (non-hydrogen) atoms. The molecule has 4 rings (SSSR count). The van der Waals surface area contributed by atoms with Crippen molar-refractivity contribution < 1.29 is 19.1 Å². The van der Waals surface area contributed by atoms with Crippen LogP contribution in [0.3, 0.4) is 0 Å². The summed E-state index contributed by atoms with van der Waals surface area (Å²) in [7, 11) is 0. The van der Waals surface area contributed by atoms with Crippen LogP contribution < -0.4 is 0 Å². The van der Waals surface area contributed by atoms with Gasteiger partial charge < -0.3 is 9.47 Å². The highest BCUT2D eigenvalue weighted by Gasteiger charge is 2.61. The molecule has 4 saturated carbocycles. The maximum atomic E-state index is 11.5. The zero-order valence-corrected chi connectivity index (χ0v) is 19.0. The summed E-state index contributed by atoms with van der Waals surface area (Å²) in [4.78, 5) is 23.0. The van der Waals surface area contributed by atoms with Gasteiger partial charge in [0.2, 0.25) is 0 Å². The molecule has 0 aliphatic heterocycles. The van der Waals surface area contributed by atoms with Gasteiger partial charge in [-0.05, 0) is 99.2 Å². The second-order valence-corrected chi connectivity index (χ2v) is 11.2. The van der Waals surface area contributed by atoms with Gasteiger partial charge in [0.25, 0.3) is 0 Å². The zero-order chi connectivity index (χ0) is 21.0. The fraction of sp³-hybridized carbons (Fsp3) is 0.920. The summed E-state index contributed by atoms with van der Waals surface area (Å²) in [6.45, 7) is 10.2. The Morgan fingerprint density at radius 3 is 2.24 bits per heavy atom. The van der Waals surface area contributed by atoms with Crippen molar-refractivity contribution in [2.24, 2.45) is 40.4 Å². The molecule has 0 unspecified atom stereocenters. The van der Waals surface area contributed by atoms with E-state index in [0.717, 1.165) is 30.6 Å². The van der Waals surface area contributed by atoms with Gasteiger partial charge >= 0.3 is 11.9 Å². The van der Waals surface area contributed by atoms with Gasteiger partial charge in [0, 0.05) is 19.8 Å². The second kappa shape index (κ2) is 7.57. The summed E-state index contributed by atoms with van der Waals surface area (Å²) in [6.07, 6.45) is 11.2. The molecule has 0 amide bonds. The monoisotopic (exact) mass is 404 g/mol. The quantitative estimate of drug-likeness (QED) is 0.581. The average molecular weight is 405 g/mol. The van der Waals surface area contributed by atoms with Crippen LogP contribution in [0.25, 0.3) is 0 Å². The fourth-order valence-electron chi connectivity index (χ4n) is 8.72. The van der Waals surface area contributed by atoms with E-state index in [1.807, 2.05) is 0 Å². The first kappa shape index (κ1) is 21.2. The predicted molar refractivity (Wildman–Crippen MR) is 112 cm³/mol. The van der Waals surface area contributed by atoms with E-state index < -0.39 is 0 Å². The lowest BCUT2D eigenvalue weighted by molar-refractivity contribution is -0.164. The van der Waals surface area contributed by atoms with Gasteiger partial charge in [0.05, 0.1) is 0 Å². The molecule has 0 spiro atoms. The van der Waals surface area contributed by atoms with E-state index in [-0.39, 0.29) is 24.1 Å². The Bertz CT molecular complexity index is 659. The molecule has 0 aromatic carbocycles. The minimum absolute atomic E-state index is 0.0325. The minimum Gasteiger partial charge on any atom is -0.463 e. The molecule has 0 N–H and O–H groups in total. The van der Waals surface area contributed by atoms with Crippen LogP contribution in [0.15, 0.2) is 0 Å². The van der Waals surface area contributed by atoms with Crippen molar-refractivity contribution in [3.05, 3.63) is 0 Å². The number of carbonyl (C=O) groups excluding carboxylic acids is 2. The molecule has 0 bridgehead atoms. The fourth-order valence-corrected chi connectivity index (χ4v) is 8.72. The molecule has 0 aromatic rings. The first-order valence-electron chi connectivity index (χ1n) is 12.0. The summed E-state index contributed by atoms with van der Waals surface area (Å²) in [5.41, 5.74) is 0.717. The molecule has 4 aliphatic rings.